The molecule has 0 bridgehead atoms. The quantitative estimate of drug-likeness (QED) is 0.495. The highest BCUT2D eigenvalue weighted by Crippen LogP contribution is 2.29. The number of ether oxygens (including phenoxy) is 4. The van der Waals surface area contributed by atoms with E-state index in [4.69, 9.17) is 18.9 Å². The average molecular weight is 387 g/mol. The molecule has 28 heavy (non-hydrogen) atoms. The lowest BCUT2D eigenvalue weighted by Gasteiger charge is -2.11. The first-order valence-corrected chi connectivity index (χ1v) is 8.99. The van der Waals surface area contributed by atoms with Gasteiger partial charge in [-0.2, -0.15) is 0 Å². The summed E-state index contributed by atoms with van der Waals surface area (Å²) in [6.45, 7) is 2.26. The maximum Gasteiger partial charge on any atom is 0.338 e. The molecular weight excluding hydrogens is 362 g/mol. The monoisotopic (exact) mass is 387 g/mol. The normalized spacial score (nSPS) is 10.1. The van der Waals surface area contributed by atoms with Gasteiger partial charge in [0, 0.05) is 11.8 Å². The van der Waals surface area contributed by atoms with Crippen molar-refractivity contribution in [1.29, 1.82) is 0 Å². The van der Waals surface area contributed by atoms with Crippen molar-refractivity contribution in [1.82, 2.24) is 0 Å². The second kappa shape index (κ2) is 10.8. The van der Waals surface area contributed by atoms with Gasteiger partial charge in [0.1, 0.15) is 5.75 Å². The number of hydrogen-bond acceptors (Lipinski definition) is 6. The SMILES string of the molecule is CCCCOC(=O)c1ccc(OCC(=O)Nc2ccc(OC)c(OC)c2)cc1. The summed E-state index contributed by atoms with van der Waals surface area (Å²) in [6, 6.07) is 11.5. The van der Waals surface area contributed by atoms with Gasteiger partial charge in [0.2, 0.25) is 0 Å². The van der Waals surface area contributed by atoms with Crippen LogP contribution in [0.15, 0.2) is 42.5 Å². The molecule has 7 nitrogen and oxygen atoms in total. The van der Waals surface area contributed by atoms with Gasteiger partial charge in [-0.1, -0.05) is 13.3 Å². The minimum absolute atomic E-state index is 0.172. The number of benzene rings is 2. The molecule has 7 heteroatoms. The highest BCUT2D eigenvalue weighted by Gasteiger charge is 2.10. The van der Waals surface area contributed by atoms with Gasteiger partial charge < -0.3 is 24.3 Å². The number of carbonyl (C=O) groups excluding carboxylic acids is 2. The molecule has 0 unspecified atom stereocenters. The predicted octanol–water partition coefficient (Wildman–Crippen LogP) is 3.68. The Hall–Kier alpha value is -3.22. The predicted molar refractivity (Wildman–Crippen MR) is 105 cm³/mol. The Labute approximate surface area is 164 Å². The van der Waals surface area contributed by atoms with Crippen LogP contribution in [0.5, 0.6) is 17.2 Å². The van der Waals surface area contributed by atoms with Crippen LogP contribution in [0.4, 0.5) is 5.69 Å². The Morgan fingerprint density at radius 1 is 0.964 bits per heavy atom. The molecule has 2 aromatic carbocycles. The van der Waals surface area contributed by atoms with Crippen molar-refractivity contribution in [3.8, 4) is 17.2 Å². The summed E-state index contributed by atoms with van der Waals surface area (Å²) in [5.41, 5.74) is 1.01. The number of hydrogen-bond donors (Lipinski definition) is 1. The minimum Gasteiger partial charge on any atom is -0.493 e. The molecule has 0 radical (unpaired) electrons. The number of anilines is 1. The van der Waals surface area contributed by atoms with Gasteiger partial charge in [-0.05, 0) is 42.8 Å². The maximum absolute atomic E-state index is 12.1. The first-order chi connectivity index (χ1) is 13.6. The van der Waals surface area contributed by atoms with E-state index in [0.717, 1.165) is 12.8 Å². The molecule has 0 aliphatic heterocycles. The van der Waals surface area contributed by atoms with E-state index >= 15 is 0 Å². The fourth-order valence-electron chi connectivity index (χ4n) is 2.34. The van der Waals surface area contributed by atoms with Gasteiger partial charge in [-0.25, -0.2) is 4.79 Å². The highest BCUT2D eigenvalue weighted by molar-refractivity contribution is 5.92. The summed E-state index contributed by atoms with van der Waals surface area (Å²) in [6.07, 6.45) is 1.80. The standard InChI is InChI=1S/C21H25NO6/c1-4-5-12-27-21(24)15-6-9-17(10-7-15)28-14-20(23)22-16-8-11-18(25-2)19(13-16)26-3/h6-11,13H,4-5,12,14H2,1-3H3,(H,22,23). The topological polar surface area (TPSA) is 83.1 Å². The molecule has 1 N–H and O–H groups in total. The molecule has 0 heterocycles. The van der Waals surface area contributed by atoms with Crippen molar-refractivity contribution in [2.75, 3.05) is 32.8 Å². The largest absolute Gasteiger partial charge is 0.493 e. The lowest BCUT2D eigenvalue weighted by atomic mass is 10.2. The molecule has 1 amide bonds. The lowest BCUT2D eigenvalue weighted by Crippen LogP contribution is -2.20. The van der Waals surface area contributed by atoms with E-state index < -0.39 is 0 Å². The third-order valence-electron chi connectivity index (χ3n) is 3.86. The number of rotatable bonds is 10. The number of methoxy groups -OCH3 is 2. The maximum atomic E-state index is 12.1. The summed E-state index contributed by atoms with van der Waals surface area (Å²) in [4.78, 5) is 23.9. The number of esters is 1. The Bertz CT molecular complexity index is 788. The second-order valence-electron chi connectivity index (χ2n) is 5.92. The Morgan fingerprint density at radius 3 is 2.32 bits per heavy atom. The third-order valence-corrected chi connectivity index (χ3v) is 3.86. The van der Waals surface area contributed by atoms with Gasteiger partial charge in [-0.3, -0.25) is 4.79 Å². The van der Waals surface area contributed by atoms with Crippen LogP contribution in [0.3, 0.4) is 0 Å². The summed E-state index contributed by atoms with van der Waals surface area (Å²) < 4.78 is 21.0. The summed E-state index contributed by atoms with van der Waals surface area (Å²) in [5, 5.41) is 2.72. The first-order valence-electron chi connectivity index (χ1n) is 8.99. The van der Waals surface area contributed by atoms with Gasteiger partial charge in [0.05, 0.1) is 26.4 Å². The molecule has 2 rings (SSSR count). The smallest absolute Gasteiger partial charge is 0.338 e. The van der Waals surface area contributed by atoms with Crippen molar-refractivity contribution in [3.05, 3.63) is 48.0 Å². The number of unbranched alkanes of at least 4 members (excludes halogenated alkanes) is 1. The number of nitrogens with one attached hydrogen (secondary N) is 1. The summed E-state index contributed by atoms with van der Waals surface area (Å²) in [5.74, 6) is 0.877. The molecule has 0 aliphatic rings. The van der Waals surface area contributed by atoms with E-state index in [1.54, 1.807) is 49.6 Å². The zero-order chi connectivity index (χ0) is 20.4. The van der Waals surface area contributed by atoms with Crippen molar-refractivity contribution in [3.63, 3.8) is 0 Å². The molecule has 150 valence electrons. The zero-order valence-corrected chi connectivity index (χ0v) is 16.3. The van der Waals surface area contributed by atoms with Crippen LogP contribution in [0.2, 0.25) is 0 Å². The van der Waals surface area contributed by atoms with Crippen LogP contribution in [-0.4, -0.2) is 39.3 Å². The van der Waals surface area contributed by atoms with Gasteiger partial charge in [0.25, 0.3) is 5.91 Å². The van der Waals surface area contributed by atoms with Crippen LogP contribution in [-0.2, 0) is 9.53 Å². The number of carbonyl (C=O) groups is 2. The highest BCUT2D eigenvalue weighted by atomic mass is 16.5. The van der Waals surface area contributed by atoms with E-state index in [2.05, 4.69) is 5.32 Å². The zero-order valence-electron chi connectivity index (χ0n) is 16.3. The Balaban J connectivity index is 1.85. The molecule has 0 spiro atoms. The molecule has 0 saturated heterocycles. The average Bonchev–Trinajstić information content (AvgIpc) is 2.72. The van der Waals surface area contributed by atoms with E-state index in [1.165, 1.54) is 7.11 Å². The molecule has 0 aliphatic carbocycles. The van der Waals surface area contributed by atoms with Crippen molar-refractivity contribution >= 4 is 17.6 Å². The van der Waals surface area contributed by atoms with Gasteiger partial charge >= 0.3 is 5.97 Å². The van der Waals surface area contributed by atoms with Crippen LogP contribution in [0.1, 0.15) is 30.1 Å². The van der Waals surface area contributed by atoms with Gasteiger partial charge in [0.15, 0.2) is 18.1 Å². The third kappa shape index (κ3) is 6.19. The van der Waals surface area contributed by atoms with E-state index in [0.29, 0.717) is 35.1 Å². The van der Waals surface area contributed by atoms with Crippen LogP contribution in [0.25, 0.3) is 0 Å². The fourth-order valence-corrected chi connectivity index (χ4v) is 2.34. The van der Waals surface area contributed by atoms with Crippen LogP contribution < -0.4 is 19.5 Å². The number of amides is 1. The molecule has 2 aromatic rings. The van der Waals surface area contributed by atoms with E-state index in [9.17, 15) is 9.59 Å². The van der Waals surface area contributed by atoms with Crippen molar-refractivity contribution in [2.45, 2.75) is 19.8 Å². The van der Waals surface area contributed by atoms with Crippen molar-refractivity contribution in [2.24, 2.45) is 0 Å². The van der Waals surface area contributed by atoms with Gasteiger partial charge in [-0.15, -0.1) is 0 Å². The Kier molecular flexibility index (Phi) is 8.14. The molecule has 0 saturated carbocycles. The molecule has 0 atom stereocenters. The van der Waals surface area contributed by atoms with Crippen LogP contribution in [0, 0.1) is 0 Å². The fraction of sp³-hybridized carbons (Fsp3) is 0.333. The summed E-state index contributed by atoms with van der Waals surface area (Å²) in [7, 11) is 3.07. The lowest BCUT2D eigenvalue weighted by molar-refractivity contribution is -0.118. The van der Waals surface area contributed by atoms with Crippen LogP contribution >= 0.6 is 0 Å². The second-order valence-corrected chi connectivity index (χ2v) is 5.92. The molecular formula is C21H25NO6. The summed E-state index contributed by atoms with van der Waals surface area (Å²) >= 11 is 0. The molecule has 0 fully saturated rings. The van der Waals surface area contributed by atoms with E-state index in [1.807, 2.05) is 6.92 Å². The molecule has 0 aromatic heterocycles. The Morgan fingerprint density at radius 2 is 1.68 bits per heavy atom. The van der Waals surface area contributed by atoms with E-state index in [-0.39, 0.29) is 18.5 Å². The minimum atomic E-state index is -0.369. The first kappa shape index (κ1) is 21.1. The van der Waals surface area contributed by atoms with Crippen molar-refractivity contribution < 1.29 is 28.5 Å².